The topological polar surface area (TPSA) is 54.9 Å². The molecule has 1 aromatic carbocycles. The van der Waals surface area contributed by atoms with E-state index >= 15 is 0 Å². The van der Waals surface area contributed by atoms with Crippen molar-refractivity contribution in [3.8, 4) is 0 Å². The Hall–Kier alpha value is -1.97. The monoisotopic (exact) mass is 269 g/mol. The second-order valence-corrected chi connectivity index (χ2v) is 5.55. The van der Waals surface area contributed by atoms with Gasteiger partial charge in [0.25, 0.3) is 5.91 Å². The van der Waals surface area contributed by atoms with Gasteiger partial charge >= 0.3 is 0 Å². The zero-order valence-corrected chi connectivity index (χ0v) is 11.9. The summed E-state index contributed by atoms with van der Waals surface area (Å²) in [7, 11) is 0. The summed E-state index contributed by atoms with van der Waals surface area (Å²) in [6, 6.07) is 5.87. The van der Waals surface area contributed by atoms with E-state index in [1.807, 2.05) is 32.0 Å². The average molecular weight is 269 g/mol. The molecule has 0 spiro atoms. The number of hydrogen-bond donors (Lipinski definition) is 1. The average Bonchev–Trinajstić information content (AvgIpc) is 2.92. The maximum atomic E-state index is 12.2. The third-order valence-corrected chi connectivity index (χ3v) is 4.03. The Morgan fingerprint density at radius 2 is 1.75 bits per heavy atom. The minimum Gasteiger partial charge on any atom is -0.349 e. The summed E-state index contributed by atoms with van der Waals surface area (Å²) >= 11 is 0. The molecule has 20 heavy (non-hydrogen) atoms. The summed E-state index contributed by atoms with van der Waals surface area (Å²) in [6.45, 7) is 3.88. The molecule has 4 nitrogen and oxygen atoms in total. The largest absolute Gasteiger partial charge is 0.349 e. The number of aromatic nitrogens is 2. The highest BCUT2D eigenvalue weighted by molar-refractivity contribution is 5.97. The van der Waals surface area contributed by atoms with Gasteiger partial charge in [0.05, 0.1) is 22.4 Å². The molecule has 1 aliphatic rings. The van der Waals surface area contributed by atoms with E-state index in [1.165, 1.54) is 12.8 Å². The molecule has 1 aliphatic carbocycles. The van der Waals surface area contributed by atoms with Gasteiger partial charge < -0.3 is 5.32 Å². The van der Waals surface area contributed by atoms with Crippen molar-refractivity contribution in [1.29, 1.82) is 0 Å². The van der Waals surface area contributed by atoms with Gasteiger partial charge in [-0.2, -0.15) is 0 Å². The summed E-state index contributed by atoms with van der Waals surface area (Å²) < 4.78 is 0. The number of aryl methyl sites for hydroxylation is 2. The smallest absolute Gasteiger partial charge is 0.251 e. The fourth-order valence-electron chi connectivity index (χ4n) is 2.71. The molecule has 1 heterocycles. The quantitative estimate of drug-likeness (QED) is 0.912. The van der Waals surface area contributed by atoms with E-state index in [1.54, 1.807) is 0 Å². The zero-order valence-electron chi connectivity index (χ0n) is 11.9. The number of benzene rings is 1. The normalized spacial score (nSPS) is 15.7. The Kier molecular flexibility index (Phi) is 3.38. The number of carbonyl (C=O) groups excluding carboxylic acids is 1. The Bertz CT molecular complexity index is 660. The Balaban J connectivity index is 1.87. The molecule has 2 aromatic rings. The van der Waals surface area contributed by atoms with Crippen molar-refractivity contribution in [3.05, 3.63) is 35.2 Å². The van der Waals surface area contributed by atoms with Crippen LogP contribution in [0.15, 0.2) is 18.2 Å². The van der Waals surface area contributed by atoms with E-state index in [0.717, 1.165) is 35.3 Å². The van der Waals surface area contributed by atoms with Gasteiger partial charge in [-0.3, -0.25) is 4.79 Å². The number of fused-ring (bicyclic) bond motifs is 1. The number of carbonyl (C=O) groups is 1. The highest BCUT2D eigenvalue weighted by Gasteiger charge is 2.18. The minimum atomic E-state index is -0.00109. The van der Waals surface area contributed by atoms with Crippen molar-refractivity contribution in [2.24, 2.45) is 0 Å². The van der Waals surface area contributed by atoms with Crippen molar-refractivity contribution in [3.63, 3.8) is 0 Å². The van der Waals surface area contributed by atoms with Gasteiger partial charge in [0.2, 0.25) is 0 Å². The van der Waals surface area contributed by atoms with Crippen LogP contribution in [0.25, 0.3) is 11.0 Å². The molecular formula is C16H19N3O. The van der Waals surface area contributed by atoms with Gasteiger partial charge in [0.15, 0.2) is 0 Å². The Morgan fingerprint density at radius 3 is 2.45 bits per heavy atom. The maximum absolute atomic E-state index is 12.2. The Morgan fingerprint density at radius 1 is 1.10 bits per heavy atom. The molecule has 104 valence electrons. The molecule has 3 rings (SSSR count). The van der Waals surface area contributed by atoms with E-state index in [2.05, 4.69) is 15.3 Å². The van der Waals surface area contributed by atoms with Crippen LogP contribution >= 0.6 is 0 Å². The van der Waals surface area contributed by atoms with Gasteiger partial charge in [-0.1, -0.05) is 12.8 Å². The summed E-state index contributed by atoms with van der Waals surface area (Å²) in [4.78, 5) is 21.2. The molecule has 0 atom stereocenters. The van der Waals surface area contributed by atoms with Crippen LogP contribution in [-0.2, 0) is 0 Å². The molecule has 0 saturated heterocycles. The number of rotatable bonds is 2. The Labute approximate surface area is 118 Å². The van der Waals surface area contributed by atoms with Crippen LogP contribution in [0, 0.1) is 13.8 Å². The SMILES string of the molecule is Cc1nc2ccc(C(=O)NC3CCCC3)cc2nc1C. The molecule has 0 unspecified atom stereocenters. The summed E-state index contributed by atoms with van der Waals surface area (Å²) in [5, 5.41) is 3.10. The van der Waals surface area contributed by atoms with Gasteiger partial charge in [0.1, 0.15) is 0 Å². The molecule has 1 fully saturated rings. The van der Waals surface area contributed by atoms with E-state index in [4.69, 9.17) is 0 Å². The fourth-order valence-corrected chi connectivity index (χ4v) is 2.71. The van der Waals surface area contributed by atoms with Gasteiger partial charge in [-0.25, -0.2) is 9.97 Å². The second-order valence-electron chi connectivity index (χ2n) is 5.55. The van der Waals surface area contributed by atoms with E-state index < -0.39 is 0 Å². The summed E-state index contributed by atoms with van der Waals surface area (Å²) in [6.07, 6.45) is 4.62. The molecule has 1 aromatic heterocycles. The van der Waals surface area contributed by atoms with Gasteiger partial charge in [-0.05, 0) is 44.9 Å². The van der Waals surface area contributed by atoms with E-state index in [0.29, 0.717) is 11.6 Å². The van der Waals surface area contributed by atoms with Crippen LogP contribution in [0.1, 0.15) is 47.4 Å². The predicted molar refractivity (Wildman–Crippen MR) is 78.7 cm³/mol. The van der Waals surface area contributed by atoms with Crippen LogP contribution < -0.4 is 5.32 Å². The van der Waals surface area contributed by atoms with Crippen molar-refractivity contribution < 1.29 is 4.79 Å². The van der Waals surface area contributed by atoms with Crippen LogP contribution in [0.3, 0.4) is 0 Å². The first kappa shape index (κ1) is 13.0. The lowest BCUT2D eigenvalue weighted by molar-refractivity contribution is 0.0938. The number of nitrogens with zero attached hydrogens (tertiary/aromatic N) is 2. The number of hydrogen-bond acceptors (Lipinski definition) is 3. The molecule has 1 saturated carbocycles. The predicted octanol–water partition coefficient (Wildman–Crippen LogP) is 2.92. The lowest BCUT2D eigenvalue weighted by Gasteiger charge is -2.12. The lowest BCUT2D eigenvalue weighted by atomic mass is 10.1. The van der Waals surface area contributed by atoms with Crippen LogP contribution in [0.2, 0.25) is 0 Å². The van der Waals surface area contributed by atoms with E-state index in [9.17, 15) is 4.79 Å². The van der Waals surface area contributed by atoms with Crippen molar-refractivity contribution in [2.45, 2.75) is 45.6 Å². The van der Waals surface area contributed by atoms with Crippen LogP contribution in [0.5, 0.6) is 0 Å². The van der Waals surface area contributed by atoms with E-state index in [-0.39, 0.29) is 5.91 Å². The maximum Gasteiger partial charge on any atom is 0.251 e. The van der Waals surface area contributed by atoms with Crippen molar-refractivity contribution in [1.82, 2.24) is 15.3 Å². The first-order valence-corrected chi connectivity index (χ1v) is 7.19. The van der Waals surface area contributed by atoms with Crippen LogP contribution in [-0.4, -0.2) is 21.9 Å². The first-order chi connectivity index (χ1) is 9.63. The van der Waals surface area contributed by atoms with Gasteiger partial charge in [0, 0.05) is 11.6 Å². The molecule has 0 bridgehead atoms. The third kappa shape index (κ3) is 2.50. The molecular weight excluding hydrogens is 250 g/mol. The molecule has 4 heteroatoms. The molecule has 0 radical (unpaired) electrons. The molecule has 1 N–H and O–H groups in total. The zero-order chi connectivity index (χ0) is 14.1. The first-order valence-electron chi connectivity index (χ1n) is 7.19. The van der Waals surface area contributed by atoms with Gasteiger partial charge in [-0.15, -0.1) is 0 Å². The number of nitrogens with one attached hydrogen (secondary N) is 1. The highest BCUT2D eigenvalue weighted by Crippen LogP contribution is 2.19. The summed E-state index contributed by atoms with van der Waals surface area (Å²) in [5.74, 6) is -0.00109. The fraction of sp³-hybridized carbons (Fsp3) is 0.438. The van der Waals surface area contributed by atoms with Crippen LogP contribution in [0.4, 0.5) is 0 Å². The molecule has 1 amide bonds. The second kappa shape index (κ2) is 5.19. The van der Waals surface area contributed by atoms with Crippen molar-refractivity contribution >= 4 is 16.9 Å². The summed E-state index contributed by atoms with van der Waals surface area (Å²) in [5.41, 5.74) is 4.13. The minimum absolute atomic E-state index is 0.00109. The molecule has 0 aliphatic heterocycles. The third-order valence-electron chi connectivity index (χ3n) is 4.03. The number of amides is 1. The lowest BCUT2D eigenvalue weighted by Crippen LogP contribution is -2.32. The standard InChI is InChI=1S/C16H19N3O/c1-10-11(2)18-15-9-12(7-8-14(15)17-10)16(20)19-13-5-3-4-6-13/h7-9,13H,3-6H2,1-2H3,(H,19,20). The highest BCUT2D eigenvalue weighted by atomic mass is 16.1. The van der Waals surface area contributed by atoms with Crippen molar-refractivity contribution in [2.75, 3.05) is 0 Å².